The monoisotopic (exact) mass is 424 g/mol. The van der Waals surface area contributed by atoms with Crippen molar-refractivity contribution < 1.29 is 0 Å². The van der Waals surface area contributed by atoms with Gasteiger partial charge in [0, 0.05) is 12.4 Å². The standard InChI is InChI=1S/C27H40N2S/c1-3-5-7-9-11-13-15-23-17-19-24(20-18-23)26-22-29-21-25(28-27(29)30-26)16-14-12-10-8-6-4-2/h17-22H,3-16H2,1-2H3. The number of hydrogen-bond donors (Lipinski definition) is 0. The van der Waals surface area contributed by atoms with Gasteiger partial charge in [-0.25, -0.2) is 4.98 Å². The van der Waals surface area contributed by atoms with Crippen molar-refractivity contribution in [3.8, 4) is 10.4 Å². The van der Waals surface area contributed by atoms with Gasteiger partial charge in [-0.15, -0.1) is 0 Å². The molecular weight excluding hydrogens is 384 g/mol. The van der Waals surface area contributed by atoms with E-state index in [0.717, 1.165) is 11.4 Å². The maximum absolute atomic E-state index is 4.86. The van der Waals surface area contributed by atoms with Gasteiger partial charge in [0.1, 0.15) is 0 Å². The van der Waals surface area contributed by atoms with E-state index in [4.69, 9.17) is 4.98 Å². The summed E-state index contributed by atoms with van der Waals surface area (Å²) < 4.78 is 2.22. The molecule has 0 amide bonds. The van der Waals surface area contributed by atoms with E-state index < -0.39 is 0 Å². The van der Waals surface area contributed by atoms with Crippen molar-refractivity contribution in [2.45, 2.75) is 104 Å². The molecule has 3 rings (SSSR count). The van der Waals surface area contributed by atoms with Crippen molar-refractivity contribution in [3.63, 3.8) is 0 Å². The molecule has 0 atom stereocenters. The summed E-state index contributed by atoms with van der Waals surface area (Å²) in [7, 11) is 0. The first-order valence-corrected chi connectivity index (χ1v) is 13.2. The second kappa shape index (κ2) is 12.9. The SMILES string of the molecule is CCCCCCCCc1ccc(-c2cn3cc(CCCCCCCC)nc3s2)cc1. The largest absolute Gasteiger partial charge is 0.297 e. The molecule has 0 saturated carbocycles. The van der Waals surface area contributed by atoms with Gasteiger partial charge in [0.2, 0.25) is 0 Å². The summed E-state index contributed by atoms with van der Waals surface area (Å²) in [6, 6.07) is 9.20. The average molecular weight is 425 g/mol. The fourth-order valence-corrected chi connectivity index (χ4v) is 5.12. The normalized spacial score (nSPS) is 11.5. The molecule has 2 nitrogen and oxygen atoms in total. The van der Waals surface area contributed by atoms with Gasteiger partial charge >= 0.3 is 0 Å². The predicted octanol–water partition coefficient (Wildman–Crippen LogP) is 8.87. The Morgan fingerprint density at radius 3 is 1.93 bits per heavy atom. The number of rotatable bonds is 15. The van der Waals surface area contributed by atoms with Crippen molar-refractivity contribution in [1.29, 1.82) is 0 Å². The number of benzene rings is 1. The van der Waals surface area contributed by atoms with Gasteiger partial charge < -0.3 is 0 Å². The summed E-state index contributed by atoms with van der Waals surface area (Å²) in [5.74, 6) is 0. The lowest BCUT2D eigenvalue weighted by Gasteiger charge is -2.03. The number of aryl methyl sites for hydroxylation is 2. The van der Waals surface area contributed by atoms with Gasteiger partial charge in [0.25, 0.3) is 0 Å². The zero-order chi connectivity index (χ0) is 21.0. The third-order valence-corrected chi connectivity index (χ3v) is 7.10. The van der Waals surface area contributed by atoms with E-state index in [-0.39, 0.29) is 0 Å². The van der Waals surface area contributed by atoms with Crippen LogP contribution >= 0.6 is 11.3 Å². The van der Waals surface area contributed by atoms with Crippen LogP contribution in [-0.2, 0) is 12.8 Å². The Morgan fingerprint density at radius 2 is 1.30 bits per heavy atom. The van der Waals surface area contributed by atoms with Crippen molar-refractivity contribution in [1.82, 2.24) is 9.38 Å². The third kappa shape index (κ3) is 7.27. The highest BCUT2D eigenvalue weighted by Gasteiger charge is 2.08. The number of fused-ring (bicyclic) bond motifs is 1. The highest BCUT2D eigenvalue weighted by atomic mass is 32.1. The molecule has 0 unspecified atom stereocenters. The maximum Gasteiger partial charge on any atom is 0.194 e. The molecule has 0 saturated heterocycles. The van der Waals surface area contributed by atoms with Crippen molar-refractivity contribution in [2.24, 2.45) is 0 Å². The van der Waals surface area contributed by atoms with Crippen LogP contribution in [0, 0.1) is 0 Å². The first kappa shape index (κ1) is 23.1. The molecule has 0 bridgehead atoms. The lowest BCUT2D eigenvalue weighted by Crippen LogP contribution is -1.87. The number of nitrogens with zero attached hydrogens (tertiary/aromatic N) is 2. The Bertz CT molecular complexity index is 812. The predicted molar refractivity (Wildman–Crippen MR) is 133 cm³/mol. The molecule has 2 aromatic heterocycles. The fourth-order valence-electron chi connectivity index (χ4n) is 4.13. The molecule has 30 heavy (non-hydrogen) atoms. The van der Waals surface area contributed by atoms with Crippen LogP contribution in [0.3, 0.4) is 0 Å². The van der Waals surface area contributed by atoms with Crippen molar-refractivity contribution in [2.75, 3.05) is 0 Å². The van der Waals surface area contributed by atoms with Gasteiger partial charge in [-0.2, -0.15) is 0 Å². The van der Waals surface area contributed by atoms with Gasteiger partial charge in [-0.1, -0.05) is 114 Å². The minimum Gasteiger partial charge on any atom is -0.297 e. The molecule has 3 aromatic rings. The van der Waals surface area contributed by atoms with E-state index in [0.29, 0.717) is 0 Å². The van der Waals surface area contributed by atoms with Gasteiger partial charge in [-0.05, 0) is 36.8 Å². The van der Waals surface area contributed by atoms with Crippen LogP contribution < -0.4 is 0 Å². The molecule has 0 radical (unpaired) electrons. The maximum atomic E-state index is 4.86. The molecule has 2 heterocycles. The molecule has 0 aliphatic rings. The number of unbranched alkanes of at least 4 members (excludes halogenated alkanes) is 10. The summed E-state index contributed by atoms with van der Waals surface area (Å²) in [6.07, 6.45) is 23.0. The fraction of sp³-hybridized carbons (Fsp3) is 0.593. The van der Waals surface area contributed by atoms with E-state index in [9.17, 15) is 0 Å². The highest BCUT2D eigenvalue weighted by Crippen LogP contribution is 2.29. The molecule has 0 fully saturated rings. The Hall–Kier alpha value is -1.61. The second-order valence-corrected chi connectivity index (χ2v) is 9.76. The van der Waals surface area contributed by atoms with E-state index in [1.165, 1.54) is 105 Å². The van der Waals surface area contributed by atoms with Crippen LogP contribution in [0.4, 0.5) is 0 Å². The van der Waals surface area contributed by atoms with Crippen LogP contribution in [0.25, 0.3) is 15.4 Å². The molecule has 0 aliphatic carbocycles. The lowest BCUT2D eigenvalue weighted by molar-refractivity contribution is 0.605. The molecule has 1 aromatic carbocycles. The molecular formula is C27H40N2S. The quantitative estimate of drug-likeness (QED) is 0.223. The Labute approximate surface area is 187 Å². The highest BCUT2D eigenvalue weighted by molar-refractivity contribution is 7.20. The van der Waals surface area contributed by atoms with Gasteiger partial charge in [0.15, 0.2) is 4.96 Å². The summed E-state index contributed by atoms with van der Waals surface area (Å²) in [6.45, 7) is 4.55. The van der Waals surface area contributed by atoms with Crippen molar-refractivity contribution in [3.05, 3.63) is 47.9 Å². The van der Waals surface area contributed by atoms with Gasteiger partial charge in [-0.3, -0.25) is 4.40 Å². The van der Waals surface area contributed by atoms with Gasteiger partial charge in [0.05, 0.1) is 10.6 Å². The average Bonchev–Trinajstić information content (AvgIpc) is 3.32. The Morgan fingerprint density at radius 1 is 0.700 bits per heavy atom. The molecule has 0 aliphatic heterocycles. The van der Waals surface area contributed by atoms with E-state index in [1.807, 2.05) is 11.3 Å². The number of imidazole rings is 1. The summed E-state index contributed by atoms with van der Waals surface area (Å²) in [5.41, 5.74) is 4.03. The number of hydrogen-bond acceptors (Lipinski definition) is 2. The zero-order valence-electron chi connectivity index (χ0n) is 19.2. The number of thiazole rings is 1. The van der Waals surface area contributed by atoms with Crippen LogP contribution in [0.1, 0.15) is 102 Å². The summed E-state index contributed by atoms with van der Waals surface area (Å²) in [4.78, 5) is 7.30. The van der Waals surface area contributed by atoms with E-state index in [2.05, 4.69) is 54.9 Å². The van der Waals surface area contributed by atoms with Crippen molar-refractivity contribution >= 4 is 16.3 Å². The van der Waals surface area contributed by atoms with Crippen LogP contribution in [-0.4, -0.2) is 9.38 Å². The first-order chi connectivity index (χ1) is 14.8. The number of aromatic nitrogens is 2. The molecule has 0 spiro atoms. The molecule has 164 valence electrons. The molecule has 3 heteroatoms. The third-order valence-electron chi connectivity index (χ3n) is 6.05. The minimum absolute atomic E-state index is 1.11. The molecule has 0 N–H and O–H groups in total. The second-order valence-electron chi connectivity index (χ2n) is 8.75. The van der Waals surface area contributed by atoms with Crippen LogP contribution in [0.5, 0.6) is 0 Å². The van der Waals surface area contributed by atoms with E-state index in [1.54, 1.807) is 0 Å². The van der Waals surface area contributed by atoms with Crippen LogP contribution in [0.15, 0.2) is 36.7 Å². The topological polar surface area (TPSA) is 17.3 Å². The Kier molecular flexibility index (Phi) is 9.95. The minimum atomic E-state index is 1.11. The summed E-state index contributed by atoms with van der Waals surface area (Å²) in [5, 5.41) is 0. The van der Waals surface area contributed by atoms with E-state index >= 15 is 0 Å². The first-order valence-electron chi connectivity index (χ1n) is 12.4. The van der Waals surface area contributed by atoms with Crippen LogP contribution in [0.2, 0.25) is 0 Å². The smallest absolute Gasteiger partial charge is 0.194 e. The lowest BCUT2D eigenvalue weighted by atomic mass is 10.0. The summed E-state index contributed by atoms with van der Waals surface area (Å²) >= 11 is 1.81. The zero-order valence-corrected chi connectivity index (χ0v) is 20.0. The Balaban J connectivity index is 1.45.